The van der Waals surface area contributed by atoms with E-state index in [0.29, 0.717) is 42.7 Å². The standard InChI is InChI=1S/C19H19FN2O3S/c20-17-5-2-1-4-16(17)19(10-11-19)18(23)21-14-6-8-15(9-7-14)22-12-3-13-26(22,24)25/h1-2,4-9H,3,10-13H2,(H,21,23). The Morgan fingerprint density at radius 3 is 2.35 bits per heavy atom. The van der Waals surface area contributed by atoms with E-state index < -0.39 is 15.4 Å². The van der Waals surface area contributed by atoms with Gasteiger partial charge in [0, 0.05) is 17.8 Å². The molecule has 0 aromatic heterocycles. The topological polar surface area (TPSA) is 66.5 Å². The minimum atomic E-state index is -3.23. The van der Waals surface area contributed by atoms with Crippen molar-refractivity contribution in [2.75, 3.05) is 21.9 Å². The number of carbonyl (C=O) groups excluding carboxylic acids is 1. The fourth-order valence-corrected chi connectivity index (χ4v) is 5.05. The molecule has 2 aromatic carbocycles. The van der Waals surface area contributed by atoms with Gasteiger partial charge in [0.25, 0.3) is 0 Å². The Balaban J connectivity index is 1.51. The van der Waals surface area contributed by atoms with Crippen molar-refractivity contribution in [3.05, 3.63) is 59.9 Å². The average molecular weight is 374 g/mol. The maximum atomic E-state index is 14.1. The molecule has 0 radical (unpaired) electrons. The molecule has 2 aliphatic rings. The van der Waals surface area contributed by atoms with Gasteiger partial charge in [-0.05, 0) is 49.6 Å². The van der Waals surface area contributed by atoms with E-state index >= 15 is 0 Å². The van der Waals surface area contributed by atoms with E-state index in [-0.39, 0.29) is 17.5 Å². The highest BCUT2D eigenvalue weighted by molar-refractivity contribution is 7.93. The number of hydrogen-bond acceptors (Lipinski definition) is 3. The maximum absolute atomic E-state index is 14.1. The normalized spacial score (nSPS) is 20.0. The first kappa shape index (κ1) is 17.0. The van der Waals surface area contributed by atoms with Crippen LogP contribution in [-0.2, 0) is 20.2 Å². The zero-order valence-electron chi connectivity index (χ0n) is 14.1. The van der Waals surface area contributed by atoms with Gasteiger partial charge >= 0.3 is 0 Å². The molecule has 1 aliphatic carbocycles. The van der Waals surface area contributed by atoms with E-state index in [2.05, 4.69) is 5.32 Å². The first-order chi connectivity index (χ1) is 12.4. The molecule has 2 fully saturated rings. The van der Waals surface area contributed by atoms with Crippen LogP contribution in [0.25, 0.3) is 0 Å². The predicted molar refractivity (Wildman–Crippen MR) is 98.1 cm³/mol. The highest BCUT2D eigenvalue weighted by atomic mass is 32.2. The molecule has 0 bridgehead atoms. The van der Waals surface area contributed by atoms with Crippen molar-refractivity contribution < 1.29 is 17.6 Å². The summed E-state index contributed by atoms with van der Waals surface area (Å²) in [6.07, 6.45) is 1.85. The van der Waals surface area contributed by atoms with Gasteiger partial charge in [0.15, 0.2) is 0 Å². The van der Waals surface area contributed by atoms with Gasteiger partial charge in [-0.2, -0.15) is 0 Å². The Bertz CT molecular complexity index is 953. The number of nitrogens with zero attached hydrogens (tertiary/aromatic N) is 1. The molecule has 1 aliphatic heterocycles. The molecule has 1 heterocycles. The summed E-state index contributed by atoms with van der Waals surface area (Å²) in [6.45, 7) is 0.477. The van der Waals surface area contributed by atoms with Crippen molar-refractivity contribution in [3.8, 4) is 0 Å². The third-order valence-electron chi connectivity index (χ3n) is 5.09. The molecule has 4 rings (SSSR count). The van der Waals surface area contributed by atoms with Crippen molar-refractivity contribution in [2.45, 2.75) is 24.7 Å². The molecule has 2 aromatic rings. The lowest BCUT2D eigenvalue weighted by Crippen LogP contribution is -2.29. The largest absolute Gasteiger partial charge is 0.325 e. The van der Waals surface area contributed by atoms with E-state index in [1.54, 1.807) is 42.5 Å². The Kier molecular flexibility index (Phi) is 3.99. The van der Waals surface area contributed by atoms with Crippen LogP contribution in [-0.4, -0.2) is 26.6 Å². The molecule has 5 nitrogen and oxygen atoms in total. The second kappa shape index (κ2) is 6.09. The quantitative estimate of drug-likeness (QED) is 0.895. The Morgan fingerprint density at radius 2 is 1.77 bits per heavy atom. The molecule has 26 heavy (non-hydrogen) atoms. The average Bonchev–Trinajstić information content (AvgIpc) is 3.34. The number of benzene rings is 2. The molecule has 0 atom stereocenters. The first-order valence-corrected chi connectivity index (χ1v) is 10.2. The molecule has 1 N–H and O–H groups in total. The number of halogens is 1. The fraction of sp³-hybridized carbons (Fsp3) is 0.316. The lowest BCUT2D eigenvalue weighted by Gasteiger charge is -2.19. The van der Waals surface area contributed by atoms with Crippen molar-refractivity contribution >= 4 is 27.3 Å². The second-order valence-electron chi connectivity index (χ2n) is 6.80. The Hall–Kier alpha value is -2.41. The third kappa shape index (κ3) is 2.86. The summed E-state index contributed by atoms with van der Waals surface area (Å²) >= 11 is 0. The van der Waals surface area contributed by atoms with E-state index in [9.17, 15) is 17.6 Å². The Morgan fingerprint density at radius 1 is 1.08 bits per heavy atom. The van der Waals surface area contributed by atoms with Crippen LogP contribution < -0.4 is 9.62 Å². The van der Waals surface area contributed by atoms with Gasteiger partial charge in [0.05, 0.1) is 16.9 Å². The zero-order chi connectivity index (χ0) is 18.4. The minimum Gasteiger partial charge on any atom is -0.325 e. The van der Waals surface area contributed by atoms with Crippen LogP contribution in [0.2, 0.25) is 0 Å². The molecule has 0 spiro atoms. The highest BCUT2D eigenvalue weighted by Gasteiger charge is 2.52. The molecule has 136 valence electrons. The van der Waals surface area contributed by atoms with E-state index in [1.165, 1.54) is 10.4 Å². The van der Waals surface area contributed by atoms with E-state index in [0.717, 1.165) is 0 Å². The summed E-state index contributed by atoms with van der Waals surface area (Å²) in [4.78, 5) is 12.7. The van der Waals surface area contributed by atoms with Crippen molar-refractivity contribution in [1.29, 1.82) is 0 Å². The summed E-state index contributed by atoms with van der Waals surface area (Å²) < 4.78 is 39.4. The summed E-state index contributed by atoms with van der Waals surface area (Å²) in [5.74, 6) is -0.435. The van der Waals surface area contributed by atoms with Crippen LogP contribution in [0.1, 0.15) is 24.8 Å². The van der Waals surface area contributed by atoms with Crippen LogP contribution in [0.5, 0.6) is 0 Å². The number of rotatable bonds is 4. The Labute approximate surface area is 151 Å². The SMILES string of the molecule is O=C(Nc1ccc(N2CCCS2(=O)=O)cc1)C1(c2ccccc2F)CC1. The molecule has 1 saturated carbocycles. The fourth-order valence-electron chi connectivity index (χ4n) is 3.48. The number of amides is 1. The molecule has 0 unspecified atom stereocenters. The molecular weight excluding hydrogens is 355 g/mol. The minimum absolute atomic E-state index is 0.163. The maximum Gasteiger partial charge on any atom is 0.235 e. The monoisotopic (exact) mass is 374 g/mol. The lowest BCUT2D eigenvalue weighted by atomic mass is 9.94. The van der Waals surface area contributed by atoms with Crippen LogP contribution in [0.3, 0.4) is 0 Å². The zero-order valence-corrected chi connectivity index (χ0v) is 14.9. The van der Waals surface area contributed by atoms with Gasteiger partial charge < -0.3 is 5.32 Å². The van der Waals surface area contributed by atoms with Gasteiger partial charge in [-0.15, -0.1) is 0 Å². The van der Waals surface area contributed by atoms with E-state index in [1.807, 2.05) is 0 Å². The van der Waals surface area contributed by atoms with Crippen LogP contribution in [0.15, 0.2) is 48.5 Å². The lowest BCUT2D eigenvalue weighted by molar-refractivity contribution is -0.118. The van der Waals surface area contributed by atoms with Gasteiger partial charge in [0.1, 0.15) is 5.82 Å². The summed E-state index contributed by atoms with van der Waals surface area (Å²) in [5.41, 5.74) is 0.786. The first-order valence-electron chi connectivity index (χ1n) is 8.59. The van der Waals surface area contributed by atoms with Gasteiger partial charge in [0.2, 0.25) is 15.9 Å². The second-order valence-corrected chi connectivity index (χ2v) is 8.82. The van der Waals surface area contributed by atoms with Crippen LogP contribution >= 0.6 is 0 Å². The predicted octanol–water partition coefficient (Wildman–Crippen LogP) is 3.04. The number of carbonyl (C=O) groups is 1. The molecular formula is C19H19FN2O3S. The molecule has 1 amide bonds. The van der Waals surface area contributed by atoms with Gasteiger partial charge in [-0.1, -0.05) is 18.2 Å². The third-order valence-corrected chi connectivity index (χ3v) is 6.96. The molecule has 7 heteroatoms. The highest BCUT2D eigenvalue weighted by Crippen LogP contribution is 2.49. The number of nitrogens with one attached hydrogen (secondary N) is 1. The van der Waals surface area contributed by atoms with Gasteiger partial charge in [-0.3, -0.25) is 9.10 Å². The van der Waals surface area contributed by atoms with E-state index in [4.69, 9.17) is 0 Å². The summed E-state index contributed by atoms with van der Waals surface area (Å²) in [6, 6.07) is 13.1. The number of sulfonamides is 1. The van der Waals surface area contributed by atoms with Crippen LogP contribution in [0, 0.1) is 5.82 Å². The smallest absolute Gasteiger partial charge is 0.235 e. The number of hydrogen-bond donors (Lipinski definition) is 1. The van der Waals surface area contributed by atoms with Crippen LogP contribution in [0.4, 0.5) is 15.8 Å². The van der Waals surface area contributed by atoms with Crippen molar-refractivity contribution in [2.24, 2.45) is 0 Å². The molecule has 1 saturated heterocycles. The summed E-state index contributed by atoms with van der Waals surface area (Å²) in [5, 5.41) is 2.84. The summed E-state index contributed by atoms with van der Waals surface area (Å²) in [7, 11) is -3.23. The van der Waals surface area contributed by atoms with Gasteiger partial charge in [-0.25, -0.2) is 12.8 Å². The van der Waals surface area contributed by atoms with Crippen molar-refractivity contribution in [3.63, 3.8) is 0 Å². The van der Waals surface area contributed by atoms with Crippen molar-refractivity contribution in [1.82, 2.24) is 0 Å². The number of anilines is 2.